The molecule has 34 heavy (non-hydrogen) atoms. The predicted octanol–water partition coefficient (Wildman–Crippen LogP) is 0.540. The van der Waals surface area contributed by atoms with Crippen molar-refractivity contribution >= 4 is 41.2 Å². The third-order valence-electron chi connectivity index (χ3n) is 5.10. The molecule has 0 radical (unpaired) electrons. The molecule has 0 bridgehead atoms. The van der Waals surface area contributed by atoms with Crippen LogP contribution in [0.2, 0.25) is 5.02 Å². The molecule has 176 valence electrons. The molecule has 0 fully saturated rings. The van der Waals surface area contributed by atoms with E-state index in [1.54, 1.807) is 48.5 Å². The number of ether oxygens (including phenoxy) is 2. The molecule has 2 atom stereocenters. The van der Waals surface area contributed by atoms with Crippen molar-refractivity contribution in [1.82, 2.24) is 15.6 Å². The Morgan fingerprint density at radius 2 is 1.85 bits per heavy atom. The fourth-order valence-corrected chi connectivity index (χ4v) is 3.49. The second-order valence-corrected chi connectivity index (χ2v) is 7.76. The molecular weight excluding hydrogens is 464 g/mol. The van der Waals surface area contributed by atoms with Gasteiger partial charge in [0.25, 0.3) is 5.91 Å². The highest BCUT2D eigenvalue weighted by atomic mass is 35.5. The Bertz CT molecular complexity index is 1170. The van der Waals surface area contributed by atoms with Crippen LogP contribution in [0.1, 0.15) is 17.2 Å². The molecule has 0 aliphatic carbocycles. The minimum Gasteiger partial charge on any atom is -0.497 e. The summed E-state index contributed by atoms with van der Waals surface area (Å²) < 4.78 is 11.0. The molecule has 0 aromatic heterocycles. The molecule has 0 spiro atoms. The van der Waals surface area contributed by atoms with Crippen molar-refractivity contribution in [3.63, 3.8) is 0 Å². The Morgan fingerprint density at radius 3 is 2.50 bits per heavy atom. The zero-order valence-electron chi connectivity index (χ0n) is 18.0. The third kappa shape index (κ3) is 4.85. The van der Waals surface area contributed by atoms with Crippen LogP contribution in [0.15, 0.2) is 58.6 Å². The molecule has 12 heteroatoms. The van der Waals surface area contributed by atoms with Crippen LogP contribution in [0.4, 0.5) is 0 Å². The van der Waals surface area contributed by atoms with Crippen LogP contribution in [0.25, 0.3) is 0 Å². The number of amides is 3. The first-order valence-electron chi connectivity index (χ1n) is 10.2. The quantitative estimate of drug-likeness (QED) is 0.522. The van der Waals surface area contributed by atoms with Gasteiger partial charge in [-0.1, -0.05) is 23.7 Å². The first kappa shape index (κ1) is 23.2. The molecule has 11 nitrogen and oxygen atoms in total. The summed E-state index contributed by atoms with van der Waals surface area (Å²) >= 11 is 5.94. The second kappa shape index (κ2) is 9.89. The number of benzene rings is 2. The molecule has 0 unspecified atom stereocenters. The fraction of sp³-hybridized carbons (Fsp3) is 0.227. The molecular formula is C22H21ClN6O5. The van der Waals surface area contributed by atoms with Gasteiger partial charge in [-0.2, -0.15) is 0 Å². The zero-order valence-corrected chi connectivity index (χ0v) is 18.8. The molecule has 3 amide bonds. The Kier molecular flexibility index (Phi) is 6.75. The van der Waals surface area contributed by atoms with E-state index >= 15 is 0 Å². The van der Waals surface area contributed by atoms with Gasteiger partial charge in [-0.05, 0) is 42.0 Å². The number of carbonyl (C=O) groups excluding carboxylic acids is 3. The summed E-state index contributed by atoms with van der Waals surface area (Å²) in [5.41, 5.74) is 6.48. The second-order valence-electron chi connectivity index (χ2n) is 7.32. The number of amidine groups is 1. The van der Waals surface area contributed by atoms with E-state index in [0.717, 1.165) is 5.01 Å². The lowest BCUT2D eigenvalue weighted by atomic mass is 9.97. The van der Waals surface area contributed by atoms with E-state index in [-0.39, 0.29) is 25.0 Å². The van der Waals surface area contributed by atoms with Gasteiger partial charge in [-0.15, -0.1) is 10.1 Å². The van der Waals surface area contributed by atoms with Gasteiger partial charge >= 0.3 is 6.02 Å². The molecule has 2 heterocycles. The maximum absolute atomic E-state index is 13.4. The Morgan fingerprint density at radius 1 is 1.15 bits per heavy atom. The average molecular weight is 485 g/mol. The molecule has 2 aliphatic heterocycles. The molecule has 2 aromatic rings. The Hall–Kier alpha value is -3.96. The van der Waals surface area contributed by atoms with E-state index in [1.807, 2.05) is 0 Å². The number of rotatable bonds is 7. The number of hydrogen-bond donors (Lipinski definition) is 3. The number of aliphatic imine (C=N–C) groups is 1. The van der Waals surface area contributed by atoms with E-state index in [2.05, 4.69) is 20.7 Å². The van der Waals surface area contributed by atoms with Crippen molar-refractivity contribution < 1.29 is 23.9 Å². The summed E-state index contributed by atoms with van der Waals surface area (Å²) in [7, 11) is 1.54. The van der Waals surface area contributed by atoms with Gasteiger partial charge in [-0.3, -0.25) is 14.4 Å². The van der Waals surface area contributed by atoms with Gasteiger partial charge in [0, 0.05) is 10.6 Å². The van der Waals surface area contributed by atoms with Crippen molar-refractivity contribution in [1.29, 1.82) is 0 Å². The normalized spacial score (nSPS) is 18.9. The Balaban J connectivity index is 1.63. The first-order valence-corrected chi connectivity index (χ1v) is 10.6. The molecule has 4 N–H and O–H groups in total. The Labute approximate surface area is 199 Å². The average Bonchev–Trinajstić information content (AvgIpc) is 3.29. The number of nitrogens with one attached hydrogen (secondary N) is 2. The lowest BCUT2D eigenvalue weighted by Gasteiger charge is -2.30. The smallest absolute Gasteiger partial charge is 0.323 e. The van der Waals surface area contributed by atoms with Gasteiger partial charge in [0.2, 0.25) is 17.7 Å². The topological polar surface area (TPSA) is 148 Å². The van der Waals surface area contributed by atoms with Gasteiger partial charge in [0.1, 0.15) is 17.8 Å². The summed E-state index contributed by atoms with van der Waals surface area (Å²) in [6.45, 7) is -0.605. The summed E-state index contributed by atoms with van der Waals surface area (Å²) in [4.78, 5) is 41.8. The van der Waals surface area contributed by atoms with Crippen LogP contribution in [-0.4, -0.2) is 60.9 Å². The highest BCUT2D eigenvalue weighted by Gasteiger charge is 2.45. The van der Waals surface area contributed by atoms with E-state index in [9.17, 15) is 14.4 Å². The fourth-order valence-electron chi connectivity index (χ4n) is 3.36. The number of hydrazone groups is 1. The van der Waals surface area contributed by atoms with E-state index in [1.165, 1.54) is 7.11 Å². The number of halogens is 1. The van der Waals surface area contributed by atoms with E-state index in [0.29, 0.717) is 21.9 Å². The monoisotopic (exact) mass is 484 g/mol. The van der Waals surface area contributed by atoms with Crippen LogP contribution in [0.5, 0.6) is 5.75 Å². The largest absolute Gasteiger partial charge is 0.497 e. The van der Waals surface area contributed by atoms with Crippen molar-refractivity contribution in [2.24, 2.45) is 15.8 Å². The molecule has 2 aromatic carbocycles. The summed E-state index contributed by atoms with van der Waals surface area (Å²) in [6, 6.07) is 11.7. The van der Waals surface area contributed by atoms with Crippen molar-refractivity contribution in [2.75, 3.05) is 20.2 Å². The summed E-state index contributed by atoms with van der Waals surface area (Å²) in [5.74, 6) is -0.843. The minimum absolute atomic E-state index is 0.0160. The van der Waals surface area contributed by atoms with E-state index in [4.69, 9.17) is 26.8 Å². The molecule has 0 saturated heterocycles. The minimum atomic E-state index is -1.10. The van der Waals surface area contributed by atoms with Crippen molar-refractivity contribution in [3.8, 4) is 5.75 Å². The van der Waals surface area contributed by atoms with Gasteiger partial charge < -0.3 is 25.8 Å². The van der Waals surface area contributed by atoms with Crippen molar-refractivity contribution in [3.05, 3.63) is 64.7 Å². The highest BCUT2D eigenvalue weighted by Crippen LogP contribution is 2.31. The maximum Gasteiger partial charge on any atom is 0.323 e. The number of methoxy groups -OCH3 is 1. The maximum atomic E-state index is 13.4. The van der Waals surface area contributed by atoms with Crippen LogP contribution >= 0.6 is 11.6 Å². The van der Waals surface area contributed by atoms with Gasteiger partial charge in [0.15, 0.2) is 0 Å². The lowest BCUT2D eigenvalue weighted by Crippen LogP contribution is -2.55. The standard InChI is InChI=1S/C22H21ClN6O5/c1-33-15-8-4-12(5-9-15)18-19(26-17(31)11-25-16(30)10-24)21(32)29-22(27-18)34-20(28-29)13-2-6-14(23)7-3-13/h2-9,18-19H,10-11,24H2,1H3,(H,25,30)(H,26,31)/t18-,19+/m1/s1. The number of nitrogens with two attached hydrogens (primary N) is 1. The lowest BCUT2D eigenvalue weighted by molar-refractivity contribution is -0.135. The summed E-state index contributed by atoms with van der Waals surface area (Å²) in [6.07, 6.45) is 0. The van der Waals surface area contributed by atoms with Crippen LogP contribution < -0.4 is 21.1 Å². The van der Waals surface area contributed by atoms with Gasteiger partial charge in [0.05, 0.1) is 20.2 Å². The predicted molar refractivity (Wildman–Crippen MR) is 123 cm³/mol. The SMILES string of the molecule is COc1ccc([C@H]2N=C3OC(c4ccc(Cl)cc4)=NN3C(=O)[C@H]2NC(=O)CNC(=O)CN)cc1. The molecule has 0 saturated carbocycles. The van der Waals surface area contributed by atoms with Crippen LogP contribution in [0, 0.1) is 0 Å². The number of fused-ring (bicyclic) bond motifs is 1. The van der Waals surface area contributed by atoms with Crippen LogP contribution in [0.3, 0.4) is 0 Å². The van der Waals surface area contributed by atoms with Gasteiger partial charge in [-0.25, -0.2) is 4.99 Å². The summed E-state index contributed by atoms with van der Waals surface area (Å²) in [5, 5.41) is 10.8. The van der Waals surface area contributed by atoms with Crippen LogP contribution in [-0.2, 0) is 19.1 Å². The molecule has 4 rings (SSSR count). The number of carbonyl (C=O) groups is 3. The third-order valence-corrected chi connectivity index (χ3v) is 5.35. The molecule has 2 aliphatic rings. The number of hydrogen-bond acceptors (Lipinski definition) is 8. The number of nitrogens with zero attached hydrogens (tertiary/aromatic N) is 3. The zero-order chi connectivity index (χ0) is 24.2. The first-order chi connectivity index (χ1) is 16.4. The van der Waals surface area contributed by atoms with E-state index < -0.39 is 29.8 Å². The highest BCUT2D eigenvalue weighted by molar-refractivity contribution is 6.30. The van der Waals surface area contributed by atoms with Crippen molar-refractivity contribution in [2.45, 2.75) is 12.1 Å².